The Labute approximate surface area is 247 Å². The molecule has 1 heterocycles. The fourth-order valence-electron chi connectivity index (χ4n) is 5.85. The van der Waals surface area contributed by atoms with Gasteiger partial charge < -0.3 is 29.5 Å². The second-order valence-corrected chi connectivity index (χ2v) is 10.7. The van der Waals surface area contributed by atoms with Gasteiger partial charge in [0.05, 0.1) is 39.4 Å². The molecule has 0 spiro atoms. The lowest BCUT2D eigenvalue weighted by Crippen LogP contribution is -2.50. The average molecular weight is 567 g/mol. The van der Waals surface area contributed by atoms with Crippen LogP contribution in [0.3, 0.4) is 0 Å². The molecule has 0 aliphatic carbocycles. The van der Waals surface area contributed by atoms with Gasteiger partial charge in [-0.05, 0) is 36.1 Å². The number of amides is 2. The monoisotopic (exact) mass is 566 g/mol. The number of hydrogen-bond donors (Lipinski definition) is 2. The topological polar surface area (TPSA) is 82.5 Å². The van der Waals surface area contributed by atoms with Crippen LogP contribution in [0.1, 0.15) is 22.3 Å². The summed E-state index contributed by atoms with van der Waals surface area (Å²) < 4.78 is 11.3. The minimum atomic E-state index is -1.21. The highest BCUT2D eigenvalue weighted by Crippen LogP contribution is 2.32. The molecule has 5 rings (SSSR count). The summed E-state index contributed by atoms with van der Waals surface area (Å²) in [7, 11) is 3.21. The molecule has 1 aliphatic heterocycles. The fraction of sp³-hybridized carbons (Fsp3) is 0.286. The van der Waals surface area contributed by atoms with Crippen molar-refractivity contribution in [3.8, 4) is 11.5 Å². The van der Waals surface area contributed by atoms with Gasteiger partial charge in [0.1, 0.15) is 23.7 Å². The summed E-state index contributed by atoms with van der Waals surface area (Å²) >= 11 is 0. The van der Waals surface area contributed by atoms with E-state index in [4.69, 9.17) is 9.47 Å². The van der Waals surface area contributed by atoms with Gasteiger partial charge in [0.2, 0.25) is 0 Å². The molecule has 1 aliphatic rings. The molecule has 4 aromatic rings. The van der Waals surface area contributed by atoms with Crippen LogP contribution in [0.15, 0.2) is 109 Å². The zero-order chi connectivity index (χ0) is 29.5. The van der Waals surface area contributed by atoms with Crippen molar-refractivity contribution >= 4 is 6.03 Å². The lowest BCUT2D eigenvalue weighted by atomic mass is 9.91. The first-order chi connectivity index (χ1) is 20.5. The molecule has 0 unspecified atom stereocenters. The first-order valence-corrected chi connectivity index (χ1v) is 14.2. The predicted octanol–water partition coefficient (Wildman–Crippen LogP) is 5.09. The van der Waals surface area contributed by atoms with E-state index in [-0.39, 0.29) is 19.1 Å². The molecule has 2 N–H and O–H groups in total. The average Bonchev–Trinajstić information content (AvgIpc) is 3.09. The van der Waals surface area contributed by atoms with Crippen LogP contribution in [0, 0.1) is 0 Å². The highest BCUT2D eigenvalue weighted by molar-refractivity contribution is 5.76. The van der Waals surface area contributed by atoms with E-state index in [0.717, 1.165) is 22.3 Å². The molecule has 2 amide bonds. The minimum absolute atomic E-state index is 0.199. The van der Waals surface area contributed by atoms with E-state index in [1.165, 1.54) is 0 Å². The summed E-state index contributed by atoms with van der Waals surface area (Å²) in [4.78, 5) is 18.2. The number of ether oxygens (including phenoxy) is 2. The van der Waals surface area contributed by atoms with Crippen LogP contribution >= 0.6 is 0 Å². The number of carbonyl (C=O) groups excluding carboxylic acids is 1. The zero-order valence-electron chi connectivity index (χ0n) is 24.0. The Hall–Kier alpha value is -4.33. The molecule has 4 aromatic carbocycles. The number of rotatable bonds is 10. The Kier molecular flexibility index (Phi) is 9.41. The number of aliphatic hydroxyl groups is 2. The van der Waals surface area contributed by atoms with Gasteiger partial charge in [0, 0.05) is 11.1 Å². The zero-order valence-corrected chi connectivity index (χ0v) is 24.0. The molecular formula is C35H38N2O5. The van der Waals surface area contributed by atoms with E-state index in [2.05, 4.69) is 0 Å². The van der Waals surface area contributed by atoms with Crippen molar-refractivity contribution in [3.63, 3.8) is 0 Å². The van der Waals surface area contributed by atoms with Crippen molar-refractivity contribution in [3.05, 3.63) is 131 Å². The van der Waals surface area contributed by atoms with Gasteiger partial charge in [-0.2, -0.15) is 0 Å². The van der Waals surface area contributed by atoms with Gasteiger partial charge in [-0.15, -0.1) is 0 Å². The number of hydrogen-bond acceptors (Lipinski definition) is 5. The van der Waals surface area contributed by atoms with E-state index in [1.54, 1.807) is 24.0 Å². The molecule has 0 saturated carbocycles. The van der Waals surface area contributed by atoms with Gasteiger partial charge in [-0.3, -0.25) is 0 Å². The van der Waals surface area contributed by atoms with Crippen molar-refractivity contribution < 1.29 is 24.5 Å². The Bertz CT molecular complexity index is 1340. The molecule has 7 nitrogen and oxygen atoms in total. The van der Waals surface area contributed by atoms with Crippen molar-refractivity contribution in [2.45, 2.75) is 50.2 Å². The third kappa shape index (κ3) is 6.43. The maximum Gasteiger partial charge on any atom is 0.321 e. The number of carbonyl (C=O) groups is 1. The summed E-state index contributed by atoms with van der Waals surface area (Å²) in [6.45, 7) is 0.398. The molecule has 7 heteroatoms. The van der Waals surface area contributed by atoms with Crippen molar-refractivity contribution in [1.82, 2.24) is 9.80 Å². The van der Waals surface area contributed by atoms with Crippen LogP contribution in [-0.2, 0) is 25.9 Å². The van der Waals surface area contributed by atoms with Crippen LogP contribution in [0.25, 0.3) is 0 Å². The molecule has 4 atom stereocenters. The first kappa shape index (κ1) is 29.2. The van der Waals surface area contributed by atoms with E-state index in [0.29, 0.717) is 24.3 Å². The molecular weight excluding hydrogens is 528 g/mol. The summed E-state index contributed by atoms with van der Waals surface area (Å²) in [6, 6.07) is 33.0. The second-order valence-electron chi connectivity index (χ2n) is 10.7. The third-order valence-corrected chi connectivity index (χ3v) is 8.07. The van der Waals surface area contributed by atoms with Gasteiger partial charge in [0.25, 0.3) is 0 Å². The predicted molar refractivity (Wildman–Crippen MR) is 162 cm³/mol. The normalized spacial score (nSPS) is 20.7. The SMILES string of the molecule is COc1ccccc1CN1C(=O)N(Cc2ccccc2OC)[C@H](Cc2ccccc2)[C@H](O)[C@@H](O)[C@H]1Cc1ccccc1. The number of para-hydroxylation sites is 2. The second kappa shape index (κ2) is 13.6. The Morgan fingerprint density at radius 1 is 0.571 bits per heavy atom. The van der Waals surface area contributed by atoms with Gasteiger partial charge in [-0.25, -0.2) is 4.79 Å². The van der Waals surface area contributed by atoms with E-state index in [9.17, 15) is 15.0 Å². The highest BCUT2D eigenvalue weighted by Gasteiger charge is 2.46. The van der Waals surface area contributed by atoms with E-state index < -0.39 is 24.3 Å². The molecule has 218 valence electrons. The van der Waals surface area contributed by atoms with Crippen LogP contribution in [0.2, 0.25) is 0 Å². The minimum Gasteiger partial charge on any atom is -0.496 e. The lowest BCUT2D eigenvalue weighted by Gasteiger charge is -2.36. The number of methoxy groups -OCH3 is 2. The molecule has 1 fully saturated rings. The number of aliphatic hydroxyl groups excluding tert-OH is 2. The number of urea groups is 1. The van der Waals surface area contributed by atoms with Crippen LogP contribution < -0.4 is 9.47 Å². The lowest BCUT2D eigenvalue weighted by molar-refractivity contribution is -0.0409. The summed E-state index contributed by atoms with van der Waals surface area (Å²) in [6.07, 6.45) is -1.67. The smallest absolute Gasteiger partial charge is 0.321 e. The number of nitrogens with zero attached hydrogens (tertiary/aromatic N) is 2. The molecule has 0 aromatic heterocycles. The number of benzene rings is 4. The fourth-order valence-corrected chi connectivity index (χ4v) is 5.85. The quantitative estimate of drug-likeness (QED) is 0.280. The Morgan fingerprint density at radius 2 is 0.929 bits per heavy atom. The summed E-state index contributed by atoms with van der Waals surface area (Å²) in [5, 5.41) is 23.8. The van der Waals surface area contributed by atoms with Gasteiger partial charge in [0.15, 0.2) is 0 Å². The molecule has 0 radical (unpaired) electrons. The van der Waals surface area contributed by atoms with Crippen LogP contribution in [0.5, 0.6) is 11.5 Å². The van der Waals surface area contributed by atoms with Gasteiger partial charge in [-0.1, -0.05) is 97.1 Å². The molecule has 1 saturated heterocycles. The first-order valence-electron chi connectivity index (χ1n) is 14.2. The van der Waals surface area contributed by atoms with Crippen molar-refractivity contribution in [1.29, 1.82) is 0 Å². The van der Waals surface area contributed by atoms with Crippen LogP contribution in [-0.4, -0.2) is 64.6 Å². The maximum atomic E-state index is 14.8. The molecule has 42 heavy (non-hydrogen) atoms. The Balaban J connectivity index is 1.62. The highest BCUT2D eigenvalue weighted by atomic mass is 16.5. The van der Waals surface area contributed by atoms with Gasteiger partial charge >= 0.3 is 6.03 Å². The standard InChI is InChI=1S/C35H38N2O5/c1-41-31-19-11-9-17-27(31)23-36-29(21-25-13-5-3-6-14-25)33(38)34(39)30(22-26-15-7-4-8-16-26)37(35(36)40)24-28-18-10-12-20-32(28)42-2/h3-20,29-30,33-34,38-39H,21-24H2,1-2H3/t29-,30-,33+,34+/m1/s1. The van der Waals surface area contributed by atoms with Crippen LogP contribution in [0.4, 0.5) is 4.79 Å². The van der Waals surface area contributed by atoms with E-state index >= 15 is 0 Å². The largest absolute Gasteiger partial charge is 0.496 e. The van der Waals surface area contributed by atoms with Crippen molar-refractivity contribution in [2.24, 2.45) is 0 Å². The summed E-state index contributed by atoms with van der Waals surface area (Å²) in [5.41, 5.74) is 3.55. The Morgan fingerprint density at radius 3 is 1.31 bits per heavy atom. The third-order valence-electron chi connectivity index (χ3n) is 8.07. The summed E-state index contributed by atoms with van der Waals surface area (Å²) in [5.74, 6) is 1.31. The van der Waals surface area contributed by atoms with E-state index in [1.807, 2.05) is 109 Å². The maximum absolute atomic E-state index is 14.8. The molecule has 0 bridgehead atoms. The van der Waals surface area contributed by atoms with Crippen molar-refractivity contribution in [2.75, 3.05) is 14.2 Å².